The monoisotopic (exact) mass is 235 g/mol. The Morgan fingerprint density at radius 2 is 2.29 bits per heavy atom. The van der Waals surface area contributed by atoms with Gasteiger partial charge < -0.3 is 9.84 Å². The summed E-state index contributed by atoms with van der Waals surface area (Å²) in [4.78, 5) is 2.46. The third kappa shape index (κ3) is 2.99. The minimum Gasteiger partial charge on any atom is -0.508 e. The number of phenolic OH excluding ortho intramolecular Hbond substituents is 1. The molecule has 0 radical (unpaired) electrons. The van der Waals surface area contributed by atoms with E-state index >= 15 is 0 Å². The van der Waals surface area contributed by atoms with Gasteiger partial charge >= 0.3 is 0 Å². The summed E-state index contributed by atoms with van der Waals surface area (Å²) in [7, 11) is 0. The fraction of sp³-hybridized carbons (Fsp3) is 0.571. The van der Waals surface area contributed by atoms with Crippen LogP contribution in [-0.4, -0.2) is 35.7 Å². The van der Waals surface area contributed by atoms with Crippen LogP contribution in [0.25, 0.3) is 0 Å². The van der Waals surface area contributed by atoms with Gasteiger partial charge in [0.15, 0.2) is 0 Å². The number of phenols is 1. The number of morpholine rings is 1. The molecule has 0 aromatic heterocycles. The van der Waals surface area contributed by atoms with Gasteiger partial charge in [-0.1, -0.05) is 19.1 Å². The van der Waals surface area contributed by atoms with Crippen molar-refractivity contribution in [3.8, 4) is 5.75 Å². The molecule has 3 nitrogen and oxygen atoms in total. The first kappa shape index (κ1) is 12.4. The highest BCUT2D eigenvalue weighted by Crippen LogP contribution is 2.26. The Morgan fingerprint density at radius 3 is 3.00 bits per heavy atom. The molecule has 17 heavy (non-hydrogen) atoms. The highest BCUT2D eigenvalue weighted by Gasteiger charge is 2.26. The van der Waals surface area contributed by atoms with Crippen LogP contribution in [0, 0.1) is 0 Å². The van der Waals surface area contributed by atoms with Crippen molar-refractivity contribution in [2.75, 3.05) is 19.7 Å². The van der Waals surface area contributed by atoms with Crippen LogP contribution in [0.4, 0.5) is 0 Å². The molecule has 1 heterocycles. The molecule has 0 amide bonds. The molecule has 2 atom stereocenters. The molecule has 0 saturated carbocycles. The lowest BCUT2D eigenvalue weighted by atomic mass is 10.1. The van der Waals surface area contributed by atoms with Gasteiger partial charge in [0.1, 0.15) is 5.75 Å². The summed E-state index contributed by atoms with van der Waals surface area (Å²) >= 11 is 0. The number of ether oxygens (including phenoxy) is 1. The van der Waals surface area contributed by atoms with Gasteiger partial charge in [-0.15, -0.1) is 0 Å². The lowest BCUT2D eigenvalue weighted by Crippen LogP contribution is -2.45. The fourth-order valence-electron chi connectivity index (χ4n) is 2.33. The number of aromatic hydroxyl groups is 1. The van der Waals surface area contributed by atoms with Crippen molar-refractivity contribution in [1.82, 2.24) is 4.90 Å². The van der Waals surface area contributed by atoms with E-state index in [9.17, 15) is 5.11 Å². The van der Waals surface area contributed by atoms with Crippen LogP contribution in [-0.2, 0) is 4.74 Å². The Labute approximate surface area is 103 Å². The highest BCUT2D eigenvalue weighted by atomic mass is 16.5. The summed E-state index contributed by atoms with van der Waals surface area (Å²) in [5.41, 5.74) is 1.07. The van der Waals surface area contributed by atoms with Crippen LogP contribution in [0.3, 0.4) is 0 Å². The van der Waals surface area contributed by atoms with Crippen molar-refractivity contribution in [3.63, 3.8) is 0 Å². The second-order valence-corrected chi connectivity index (χ2v) is 4.76. The Hall–Kier alpha value is -1.06. The number of hydrogen-bond acceptors (Lipinski definition) is 3. The second kappa shape index (κ2) is 5.52. The molecule has 0 bridgehead atoms. The SMILES string of the molecule is CCCN1CC(c2cccc(O)c2)OC[C@@H]1C. The molecule has 1 fully saturated rings. The van der Waals surface area contributed by atoms with E-state index in [2.05, 4.69) is 18.7 Å². The van der Waals surface area contributed by atoms with Gasteiger partial charge in [-0.05, 0) is 37.6 Å². The second-order valence-electron chi connectivity index (χ2n) is 4.76. The summed E-state index contributed by atoms with van der Waals surface area (Å²) in [6.45, 7) is 7.19. The van der Waals surface area contributed by atoms with E-state index in [4.69, 9.17) is 4.74 Å². The molecule has 1 aliphatic rings. The third-order valence-electron chi connectivity index (χ3n) is 3.32. The van der Waals surface area contributed by atoms with Gasteiger partial charge in [0.05, 0.1) is 12.7 Å². The minimum atomic E-state index is 0.0878. The predicted octanol–water partition coefficient (Wildman–Crippen LogP) is 2.56. The highest BCUT2D eigenvalue weighted by molar-refractivity contribution is 5.29. The van der Waals surface area contributed by atoms with E-state index in [0.29, 0.717) is 11.8 Å². The normalized spacial score (nSPS) is 26.0. The van der Waals surface area contributed by atoms with E-state index in [-0.39, 0.29) is 6.10 Å². The van der Waals surface area contributed by atoms with Gasteiger partial charge in [0.2, 0.25) is 0 Å². The first-order valence-corrected chi connectivity index (χ1v) is 6.35. The van der Waals surface area contributed by atoms with Crippen molar-refractivity contribution in [3.05, 3.63) is 29.8 Å². The van der Waals surface area contributed by atoms with E-state index < -0.39 is 0 Å². The zero-order valence-electron chi connectivity index (χ0n) is 10.6. The lowest BCUT2D eigenvalue weighted by molar-refractivity contribution is -0.0598. The molecular formula is C14H21NO2. The first-order chi connectivity index (χ1) is 8.20. The summed E-state index contributed by atoms with van der Waals surface area (Å²) in [5, 5.41) is 9.50. The molecule has 1 aromatic rings. The maximum absolute atomic E-state index is 9.50. The Kier molecular flexibility index (Phi) is 4.02. The molecule has 94 valence electrons. The molecular weight excluding hydrogens is 214 g/mol. The van der Waals surface area contributed by atoms with Gasteiger partial charge in [-0.25, -0.2) is 0 Å². The van der Waals surface area contributed by atoms with Crippen LogP contribution in [0.1, 0.15) is 31.9 Å². The number of nitrogens with zero attached hydrogens (tertiary/aromatic N) is 1. The van der Waals surface area contributed by atoms with Crippen molar-refractivity contribution in [1.29, 1.82) is 0 Å². The summed E-state index contributed by atoms with van der Waals surface area (Å²) in [6.07, 6.45) is 1.25. The van der Waals surface area contributed by atoms with Crippen molar-refractivity contribution < 1.29 is 9.84 Å². The number of benzene rings is 1. The van der Waals surface area contributed by atoms with Crippen molar-refractivity contribution in [2.24, 2.45) is 0 Å². The molecule has 0 spiro atoms. The van der Waals surface area contributed by atoms with Gasteiger partial charge in [-0.2, -0.15) is 0 Å². The molecule has 1 aromatic carbocycles. The van der Waals surface area contributed by atoms with Crippen molar-refractivity contribution in [2.45, 2.75) is 32.4 Å². The smallest absolute Gasteiger partial charge is 0.115 e. The zero-order chi connectivity index (χ0) is 12.3. The van der Waals surface area contributed by atoms with Crippen LogP contribution in [0.2, 0.25) is 0 Å². The van der Waals surface area contributed by atoms with Gasteiger partial charge in [0, 0.05) is 12.6 Å². The van der Waals surface area contributed by atoms with Gasteiger partial charge in [-0.3, -0.25) is 4.90 Å². The van der Waals surface area contributed by atoms with Gasteiger partial charge in [0.25, 0.3) is 0 Å². The van der Waals surface area contributed by atoms with Crippen LogP contribution >= 0.6 is 0 Å². The average Bonchev–Trinajstić information content (AvgIpc) is 2.32. The summed E-state index contributed by atoms with van der Waals surface area (Å²) < 4.78 is 5.86. The topological polar surface area (TPSA) is 32.7 Å². The number of hydrogen-bond donors (Lipinski definition) is 1. The Bertz CT molecular complexity index is 367. The summed E-state index contributed by atoms with van der Waals surface area (Å²) in [6, 6.07) is 7.87. The molecule has 1 saturated heterocycles. The Morgan fingerprint density at radius 1 is 1.47 bits per heavy atom. The van der Waals surface area contributed by atoms with E-state index in [1.54, 1.807) is 12.1 Å². The Balaban J connectivity index is 2.07. The molecule has 1 unspecified atom stereocenters. The minimum absolute atomic E-state index is 0.0878. The zero-order valence-corrected chi connectivity index (χ0v) is 10.6. The van der Waals surface area contributed by atoms with E-state index in [1.807, 2.05) is 12.1 Å². The van der Waals surface area contributed by atoms with Crippen LogP contribution < -0.4 is 0 Å². The third-order valence-corrected chi connectivity index (χ3v) is 3.32. The molecule has 0 aliphatic carbocycles. The largest absolute Gasteiger partial charge is 0.508 e. The lowest BCUT2D eigenvalue weighted by Gasteiger charge is -2.38. The molecule has 1 N–H and O–H groups in total. The summed E-state index contributed by atoms with van der Waals surface area (Å²) in [5.74, 6) is 0.312. The average molecular weight is 235 g/mol. The van der Waals surface area contributed by atoms with E-state index in [1.165, 1.54) is 0 Å². The number of rotatable bonds is 3. The quantitative estimate of drug-likeness (QED) is 0.874. The maximum Gasteiger partial charge on any atom is 0.115 e. The predicted molar refractivity (Wildman–Crippen MR) is 68.1 cm³/mol. The molecule has 3 heteroatoms. The first-order valence-electron chi connectivity index (χ1n) is 6.35. The fourth-order valence-corrected chi connectivity index (χ4v) is 2.33. The molecule has 1 aliphatic heterocycles. The maximum atomic E-state index is 9.50. The molecule has 2 rings (SSSR count). The van der Waals surface area contributed by atoms with Crippen molar-refractivity contribution >= 4 is 0 Å². The standard InChI is InChI=1S/C14H21NO2/c1-3-7-15-9-14(17-10-11(15)2)12-5-4-6-13(16)8-12/h4-6,8,11,14,16H,3,7,9-10H2,1-2H3/t11-,14?/m0/s1. The van der Waals surface area contributed by atoms with E-state index in [0.717, 1.165) is 31.7 Å². The van der Waals surface area contributed by atoms with Crippen LogP contribution in [0.5, 0.6) is 5.75 Å². The van der Waals surface area contributed by atoms with Crippen LogP contribution in [0.15, 0.2) is 24.3 Å².